The molecule has 4 heteroatoms. The van der Waals surface area contributed by atoms with Crippen molar-refractivity contribution in [1.29, 1.82) is 0 Å². The minimum absolute atomic E-state index is 0.000816. The lowest BCUT2D eigenvalue weighted by atomic mass is 9.66. The van der Waals surface area contributed by atoms with Crippen molar-refractivity contribution < 1.29 is 0 Å². The molecule has 0 aliphatic carbocycles. The first-order valence-electron chi connectivity index (χ1n) is 10.6. The van der Waals surface area contributed by atoms with Gasteiger partial charge in [-0.1, -0.05) is 61.8 Å². The molecule has 0 unspecified atom stereocenters. The Balaban J connectivity index is 1.51. The topological polar surface area (TPSA) is 32.8 Å². The molecule has 5 aromatic rings. The maximum atomic E-state index is 6.93. The number of para-hydroxylation sites is 2. The number of nitrogens with zero attached hydrogens (tertiary/aromatic N) is 1. The summed E-state index contributed by atoms with van der Waals surface area (Å²) in [5.41, 5.74) is 7.54. The number of aromatic amines is 1. The van der Waals surface area contributed by atoms with Gasteiger partial charge in [0.25, 0.3) is 0 Å². The molecule has 0 radical (unpaired) electrons. The van der Waals surface area contributed by atoms with Crippen LogP contribution >= 0.6 is 11.6 Å². The number of nitrogens with one attached hydrogen (secondary N) is 2. The predicted molar refractivity (Wildman–Crippen MR) is 126 cm³/mol. The molecule has 148 valence electrons. The molecule has 4 heterocycles. The zero-order valence-corrected chi connectivity index (χ0v) is 17.7. The van der Waals surface area contributed by atoms with Crippen molar-refractivity contribution in [2.24, 2.45) is 5.92 Å². The van der Waals surface area contributed by atoms with Crippen LogP contribution in [0.15, 0.2) is 60.7 Å². The van der Waals surface area contributed by atoms with Crippen LogP contribution in [0.2, 0.25) is 5.02 Å². The first-order chi connectivity index (χ1) is 14.6. The van der Waals surface area contributed by atoms with Crippen LogP contribution in [-0.2, 0) is 12.0 Å². The summed E-state index contributed by atoms with van der Waals surface area (Å²) in [6.07, 6.45) is 0. The molecule has 30 heavy (non-hydrogen) atoms. The predicted octanol–water partition coefficient (Wildman–Crippen LogP) is 7.00. The van der Waals surface area contributed by atoms with Crippen LogP contribution in [0.4, 0.5) is 5.69 Å². The number of anilines is 1. The lowest BCUT2D eigenvalue weighted by Gasteiger charge is -2.43. The lowest BCUT2D eigenvalue weighted by molar-refractivity contribution is 0.276. The Hall–Kier alpha value is -2.91. The fourth-order valence-electron chi connectivity index (χ4n) is 6.17. The second-order valence-corrected chi connectivity index (χ2v) is 9.74. The number of hydrogen-bond acceptors (Lipinski definition) is 1. The molecule has 2 N–H and O–H groups in total. The van der Waals surface area contributed by atoms with Crippen molar-refractivity contribution in [3.8, 4) is 0 Å². The van der Waals surface area contributed by atoms with Gasteiger partial charge in [0.1, 0.15) is 0 Å². The van der Waals surface area contributed by atoms with E-state index in [1.807, 2.05) is 0 Å². The molecular formula is C26H22ClN3. The summed E-state index contributed by atoms with van der Waals surface area (Å²) in [7, 11) is 0. The van der Waals surface area contributed by atoms with Crippen molar-refractivity contribution in [2.45, 2.75) is 31.8 Å². The zero-order valence-electron chi connectivity index (χ0n) is 17.0. The first kappa shape index (κ1) is 16.8. The van der Waals surface area contributed by atoms with E-state index in [9.17, 15) is 0 Å². The molecule has 0 saturated carbocycles. The van der Waals surface area contributed by atoms with Gasteiger partial charge in [-0.05, 0) is 35.2 Å². The molecule has 0 bridgehead atoms. The Labute approximate surface area is 179 Å². The van der Waals surface area contributed by atoms with Crippen LogP contribution < -0.4 is 5.32 Å². The summed E-state index contributed by atoms with van der Waals surface area (Å²) in [5.74, 6) is 0.432. The first-order valence-corrected chi connectivity index (χ1v) is 11.0. The number of benzene rings is 3. The third kappa shape index (κ3) is 1.88. The molecule has 2 aliphatic heterocycles. The Morgan fingerprint density at radius 2 is 1.70 bits per heavy atom. The quantitative estimate of drug-likeness (QED) is 0.282. The maximum Gasteiger partial charge on any atom is 0.0734 e. The van der Waals surface area contributed by atoms with Crippen LogP contribution in [0.1, 0.15) is 31.1 Å². The minimum Gasteiger partial charge on any atom is -0.376 e. The number of H-pyrrole nitrogens is 1. The normalized spacial score (nSPS) is 21.6. The summed E-state index contributed by atoms with van der Waals surface area (Å²) in [4.78, 5) is 3.62. The van der Waals surface area contributed by atoms with Gasteiger partial charge in [-0.3, -0.25) is 0 Å². The summed E-state index contributed by atoms with van der Waals surface area (Å²) >= 11 is 6.93. The number of fused-ring (bicyclic) bond motifs is 10. The highest BCUT2D eigenvalue weighted by molar-refractivity contribution is 6.36. The van der Waals surface area contributed by atoms with Crippen molar-refractivity contribution in [3.05, 3.63) is 76.9 Å². The fourth-order valence-corrected chi connectivity index (χ4v) is 6.55. The lowest BCUT2D eigenvalue weighted by Crippen LogP contribution is -2.39. The number of halogens is 1. The third-order valence-corrected chi connectivity index (χ3v) is 7.97. The summed E-state index contributed by atoms with van der Waals surface area (Å²) < 4.78 is 2.44. The van der Waals surface area contributed by atoms with Crippen LogP contribution in [0.25, 0.3) is 32.7 Å². The number of rotatable bonds is 0. The Morgan fingerprint density at radius 3 is 2.57 bits per heavy atom. The third-order valence-electron chi connectivity index (χ3n) is 7.58. The van der Waals surface area contributed by atoms with E-state index in [0.29, 0.717) is 5.92 Å². The monoisotopic (exact) mass is 411 g/mol. The summed E-state index contributed by atoms with van der Waals surface area (Å²) in [6, 6.07) is 21.8. The highest BCUT2D eigenvalue weighted by Gasteiger charge is 2.49. The zero-order chi connectivity index (χ0) is 20.2. The molecule has 0 fully saturated rings. The van der Waals surface area contributed by atoms with Gasteiger partial charge in [0.2, 0.25) is 0 Å². The van der Waals surface area contributed by atoms with Gasteiger partial charge < -0.3 is 14.9 Å². The maximum absolute atomic E-state index is 6.93. The Bertz CT molecular complexity index is 1500. The van der Waals surface area contributed by atoms with Gasteiger partial charge in [0.05, 0.1) is 16.8 Å². The van der Waals surface area contributed by atoms with E-state index in [-0.39, 0.29) is 11.5 Å². The van der Waals surface area contributed by atoms with Crippen molar-refractivity contribution in [2.75, 3.05) is 5.32 Å². The second-order valence-electron chi connectivity index (χ2n) is 9.36. The van der Waals surface area contributed by atoms with Crippen molar-refractivity contribution in [1.82, 2.24) is 9.55 Å². The smallest absolute Gasteiger partial charge is 0.0734 e. The second kappa shape index (κ2) is 5.41. The molecule has 7 rings (SSSR count). The van der Waals surface area contributed by atoms with Gasteiger partial charge in [0.15, 0.2) is 0 Å². The van der Waals surface area contributed by atoms with E-state index < -0.39 is 0 Å². The number of aromatic nitrogens is 2. The van der Waals surface area contributed by atoms with E-state index >= 15 is 0 Å². The van der Waals surface area contributed by atoms with Crippen LogP contribution in [0, 0.1) is 5.92 Å². The standard InChI is InChI=1S/C26H22ClN3/c1-26(2)16-13-30-20-10-6-4-8-15(20)23(27)25(30)24(16)29-19-12-11-18-21(22(19)26)14-7-3-5-9-17(14)28-18/h3-12,16,24,28-29H,13H2,1-2H3/t16-,24-/m1/s1. The Morgan fingerprint density at radius 1 is 0.933 bits per heavy atom. The largest absolute Gasteiger partial charge is 0.376 e. The van der Waals surface area contributed by atoms with Gasteiger partial charge in [-0.25, -0.2) is 0 Å². The molecule has 3 nitrogen and oxygen atoms in total. The Kier molecular flexibility index (Phi) is 3.04. The van der Waals surface area contributed by atoms with Gasteiger partial charge in [-0.15, -0.1) is 0 Å². The highest BCUT2D eigenvalue weighted by Crippen LogP contribution is 2.57. The SMILES string of the molecule is CC1(C)c2c(ccc3[nH]c4ccccc4c23)N[C@H]2c3c(Cl)c4ccccc4n3C[C@H]21. The molecule has 3 aromatic carbocycles. The molecule has 0 spiro atoms. The van der Waals surface area contributed by atoms with Crippen molar-refractivity contribution >= 4 is 50.0 Å². The molecule has 2 atom stereocenters. The number of hydrogen-bond donors (Lipinski definition) is 2. The average Bonchev–Trinajstić information content (AvgIpc) is 3.39. The van der Waals surface area contributed by atoms with E-state index in [0.717, 1.165) is 17.0 Å². The van der Waals surface area contributed by atoms with Crippen LogP contribution in [0.5, 0.6) is 0 Å². The van der Waals surface area contributed by atoms with E-state index in [2.05, 4.69) is 89.4 Å². The summed E-state index contributed by atoms with van der Waals surface area (Å²) in [5, 5.41) is 8.62. The van der Waals surface area contributed by atoms with E-state index in [1.165, 1.54) is 44.3 Å². The van der Waals surface area contributed by atoms with Gasteiger partial charge in [0, 0.05) is 50.9 Å². The minimum atomic E-state index is -0.000816. The van der Waals surface area contributed by atoms with Crippen molar-refractivity contribution in [3.63, 3.8) is 0 Å². The van der Waals surface area contributed by atoms with E-state index in [1.54, 1.807) is 0 Å². The summed E-state index contributed by atoms with van der Waals surface area (Å²) in [6.45, 7) is 5.80. The highest BCUT2D eigenvalue weighted by atomic mass is 35.5. The van der Waals surface area contributed by atoms with Crippen LogP contribution in [0.3, 0.4) is 0 Å². The van der Waals surface area contributed by atoms with Gasteiger partial charge in [-0.2, -0.15) is 0 Å². The molecule has 2 aromatic heterocycles. The molecule has 0 amide bonds. The van der Waals surface area contributed by atoms with Gasteiger partial charge >= 0.3 is 0 Å². The van der Waals surface area contributed by atoms with Crippen LogP contribution in [-0.4, -0.2) is 9.55 Å². The fraction of sp³-hybridized carbons (Fsp3) is 0.231. The molecular weight excluding hydrogens is 390 g/mol. The average molecular weight is 412 g/mol. The molecule has 0 saturated heterocycles. The van der Waals surface area contributed by atoms with E-state index in [4.69, 9.17) is 11.6 Å². The molecule has 2 aliphatic rings.